The van der Waals surface area contributed by atoms with Crippen LogP contribution in [0.2, 0.25) is 0 Å². The van der Waals surface area contributed by atoms with Crippen molar-refractivity contribution < 1.29 is 0 Å². The maximum Gasteiger partial charge on any atom is 0.0111 e. The van der Waals surface area contributed by atoms with Crippen molar-refractivity contribution in [2.45, 2.75) is 81.6 Å². The lowest BCUT2D eigenvalue weighted by Crippen LogP contribution is -2.52. The molecule has 0 aromatic carbocycles. The second-order valence-corrected chi connectivity index (χ2v) is 7.43. The number of piperidine rings is 2. The van der Waals surface area contributed by atoms with Crippen molar-refractivity contribution >= 4 is 0 Å². The molecule has 4 fully saturated rings. The first kappa shape index (κ1) is 12.6. The maximum atomic E-state index is 4.01. The van der Waals surface area contributed by atoms with Gasteiger partial charge in [-0.3, -0.25) is 0 Å². The molecule has 4 rings (SSSR count). The van der Waals surface area contributed by atoms with Crippen molar-refractivity contribution in [2.24, 2.45) is 0 Å². The van der Waals surface area contributed by atoms with Gasteiger partial charge in [-0.05, 0) is 71.5 Å². The lowest BCUT2D eigenvalue weighted by Gasteiger charge is -2.40. The number of hydrogen-bond donors (Lipinski definition) is 1. The molecule has 0 aromatic heterocycles. The number of nitrogens with one attached hydrogen (secondary N) is 1. The molecule has 0 amide bonds. The van der Waals surface area contributed by atoms with Crippen molar-refractivity contribution in [1.82, 2.24) is 15.1 Å². The lowest BCUT2D eigenvalue weighted by molar-refractivity contribution is 0.127. The summed E-state index contributed by atoms with van der Waals surface area (Å²) in [7, 11) is 2.34. The van der Waals surface area contributed by atoms with E-state index in [0.29, 0.717) is 0 Å². The van der Waals surface area contributed by atoms with Crippen LogP contribution in [0.15, 0.2) is 0 Å². The van der Waals surface area contributed by atoms with Crippen molar-refractivity contribution in [3.05, 3.63) is 0 Å². The fourth-order valence-electron chi connectivity index (χ4n) is 4.75. The Hall–Kier alpha value is -0.120. The van der Waals surface area contributed by atoms with Gasteiger partial charge >= 0.3 is 0 Å². The van der Waals surface area contributed by atoms with Crippen LogP contribution in [0.5, 0.6) is 0 Å². The summed E-state index contributed by atoms with van der Waals surface area (Å²) in [4.78, 5) is 5.38. The van der Waals surface area contributed by atoms with Gasteiger partial charge in [-0.2, -0.15) is 0 Å². The average Bonchev–Trinajstić information content (AvgIpc) is 3.22. The van der Waals surface area contributed by atoms with E-state index in [0.717, 1.165) is 30.2 Å². The Morgan fingerprint density at radius 1 is 0.737 bits per heavy atom. The summed E-state index contributed by atoms with van der Waals surface area (Å²) in [6, 6.07) is 4.35. The third-order valence-corrected chi connectivity index (χ3v) is 6.16. The monoisotopic (exact) mass is 263 g/mol. The molecular weight excluding hydrogens is 234 g/mol. The number of rotatable bonds is 3. The van der Waals surface area contributed by atoms with Crippen LogP contribution in [0.4, 0.5) is 0 Å². The first-order valence-corrected chi connectivity index (χ1v) is 8.51. The highest BCUT2D eigenvalue weighted by Gasteiger charge is 2.39. The van der Waals surface area contributed by atoms with Gasteiger partial charge in [0.1, 0.15) is 0 Å². The van der Waals surface area contributed by atoms with Crippen LogP contribution in [-0.2, 0) is 0 Å². The molecule has 19 heavy (non-hydrogen) atoms. The molecule has 3 heterocycles. The van der Waals surface area contributed by atoms with Crippen LogP contribution >= 0.6 is 0 Å². The highest BCUT2D eigenvalue weighted by atomic mass is 15.2. The predicted octanol–water partition coefficient (Wildman–Crippen LogP) is 1.83. The zero-order valence-corrected chi connectivity index (χ0v) is 12.4. The SMILES string of the molecule is CN1C2CCC1CC(NC1CCN(C3CC3)CC1)C2. The van der Waals surface area contributed by atoms with E-state index >= 15 is 0 Å². The molecule has 2 atom stereocenters. The molecule has 2 bridgehead atoms. The van der Waals surface area contributed by atoms with Crippen LogP contribution in [0, 0.1) is 0 Å². The second-order valence-electron chi connectivity index (χ2n) is 7.43. The van der Waals surface area contributed by atoms with Gasteiger partial charge < -0.3 is 15.1 Å². The third kappa shape index (κ3) is 2.57. The van der Waals surface area contributed by atoms with Gasteiger partial charge in [0.15, 0.2) is 0 Å². The van der Waals surface area contributed by atoms with Crippen LogP contribution in [-0.4, -0.2) is 60.1 Å². The van der Waals surface area contributed by atoms with Gasteiger partial charge in [0.05, 0.1) is 0 Å². The van der Waals surface area contributed by atoms with E-state index in [1.807, 2.05) is 0 Å². The molecule has 1 saturated carbocycles. The Labute approximate surface area is 117 Å². The molecule has 0 spiro atoms. The number of nitrogens with zero attached hydrogens (tertiary/aromatic N) is 2. The van der Waals surface area contributed by atoms with Gasteiger partial charge in [-0.1, -0.05) is 0 Å². The maximum absolute atomic E-state index is 4.01. The Morgan fingerprint density at radius 3 is 1.89 bits per heavy atom. The highest BCUT2D eigenvalue weighted by molar-refractivity contribution is 4.97. The Kier molecular flexibility index (Phi) is 3.33. The topological polar surface area (TPSA) is 18.5 Å². The van der Waals surface area contributed by atoms with E-state index in [1.165, 1.54) is 64.5 Å². The minimum absolute atomic E-state index is 0.808. The van der Waals surface area contributed by atoms with E-state index in [4.69, 9.17) is 0 Å². The first-order chi connectivity index (χ1) is 9.29. The molecule has 0 aromatic rings. The molecule has 1 N–H and O–H groups in total. The largest absolute Gasteiger partial charge is 0.311 e. The molecule has 108 valence electrons. The molecule has 0 radical (unpaired) electrons. The van der Waals surface area contributed by atoms with Crippen molar-refractivity contribution in [2.75, 3.05) is 20.1 Å². The van der Waals surface area contributed by atoms with Crippen molar-refractivity contribution in [3.63, 3.8) is 0 Å². The van der Waals surface area contributed by atoms with E-state index in [2.05, 4.69) is 22.2 Å². The van der Waals surface area contributed by atoms with E-state index < -0.39 is 0 Å². The molecule has 2 unspecified atom stereocenters. The molecule has 3 heteroatoms. The number of likely N-dealkylation sites (tertiary alicyclic amines) is 1. The van der Waals surface area contributed by atoms with Crippen LogP contribution in [0.25, 0.3) is 0 Å². The van der Waals surface area contributed by atoms with Gasteiger partial charge in [-0.15, -0.1) is 0 Å². The summed E-state index contributed by atoms with van der Waals surface area (Å²) in [6.07, 6.45) is 11.4. The average molecular weight is 263 g/mol. The van der Waals surface area contributed by atoms with Gasteiger partial charge in [0.2, 0.25) is 0 Å². The summed E-state index contributed by atoms with van der Waals surface area (Å²) in [5, 5.41) is 4.01. The fraction of sp³-hybridized carbons (Fsp3) is 1.00. The van der Waals surface area contributed by atoms with E-state index in [1.54, 1.807) is 0 Å². The first-order valence-electron chi connectivity index (χ1n) is 8.51. The minimum atomic E-state index is 0.808. The van der Waals surface area contributed by atoms with Crippen LogP contribution < -0.4 is 5.32 Å². The summed E-state index contributed by atoms with van der Waals surface area (Å²) in [6.45, 7) is 2.70. The van der Waals surface area contributed by atoms with Gasteiger partial charge in [0.25, 0.3) is 0 Å². The summed E-state index contributed by atoms with van der Waals surface area (Å²) in [5.41, 5.74) is 0. The molecule has 3 saturated heterocycles. The zero-order valence-electron chi connectivity index (χ0n) is 12.4. The van der Waals surface area contributed by atoms with Gasteiger partial charge in [0, 0.05) is 30.2 Å². The highest BCUT2D eigenvalue weighted by Crippen LogP contribution is 2.35. The molecule has 3 nitrogen and oxygen atoms in total. The predicted molar refractivity (Wildman–Crippen MR) is 78.3 cm³/mol. The quantitative estimate of drug-likeness (QED) is 0.838. The Balaban J connectivity index is 1.26. The number of hydrogen-bond acceptors (Lipinski definition) is 3. The standard InChI is InChI=1S/C16H29N3/c1-18-15-4-5-16(18)11-13(10-15)17-12-6-8-19(9-7-12)14-2-3-14/h12-17H,2-11H2,1H3. The summed E-state index contributed by atoms with van der Waals surface area (Å²) < 4.78 is 0. The molecule has 1 aliphatic carbocycles. The second kappa shape index (κ2) is 5.01. The summed E-state index contributed by atoms with van der Waals surface area (Å²) >= 11 is 0. The van der Waals surface area contributed by atoms with E-state index in [9.17, 15) is 0 Å². The smallest absolute Gasteiger partial charge is 0.0111 e. The Bertz CT molecular complexity index is 306. The fourth-order valence-corrected chi connectivity index (χ4v) is 4.75. The third-order valence-electron chi connectivity index (χ3n) is 6.16. The molecule has 4 aliphatic rings. The molecule has 3 aliphatic heterocycles. The van der Waals surface area contributed by atoms with Crippen molar-refractivity contribution in [1.29, 1.82) is 0 Å². The Morgan fingerprint density at radius 2 is 1.32 bits per heavy atom. The normalized spacial score (nSPS) is 41.8. The minimum Gasteiger partial charge on any atom is -0.311 e. The number of fused-ring (bicyclic) bond motifs is 2. The lowest BCUT2D eigenvalue weighted by atomic mass is 9.95. The van der Waals surface area contributed by atoms with E-state index in [-0.39, 0.29) is 0 Å². The van der Waals surface area contributed by atoms with Crippen LogP contribution in [0.1, 0.15) is 51.4 Å². The van der Waals surface area contributed by atoms with Gasteiger partial charge in [-0.25, -0.2) is 0 Å². The van der Waals surface area contributed by atoms with Crippen LogP contribution in [0.3, 0.4) is 0 Å². The summed E-state index contributed by atoms with van der Waals surface area (Å²) in [5.74, 6) is 0. The molecular formula is C16H29N3. The zero-order chi connectivity index (χ0) is 12.8. The van der Waals surface area contributed by atoms with Crippen molar-refractivity contribution in [3.8, 4) is 0 Å².